The van der Waals surface area contributed by atoms with Crippen LogP contribution in [0.25, 0.3) is 0 Å². The van der Waals surface area contributed by atoms with Crippen LogP contribution in [0, 0.1) is 0 Å². The molecule has 2 aromatic rings. The summed E-state index contributed by atoms with van der Waals surface area (Å²) < 4.78 is 29.2. The lowest BCUT2D eigenvalue weighted by Crippen LogP contribution is -2.25. The van der Waals surface area contributed by atoms with Gasteiger partial charge in [0.1, 0.15) is 0 Å². The highest BCUT2D eigenvalue weighted by Gasteiger charge is 2.18. The third-order valence-corrected chi connectivity index (χ3v) is 6.06. The summed E-state index contributed by atoms with van der Waals surface area (Å²) in [5.74, 6) is 0.784. The molecule has 0 heterocycles. The molecule has 0 amide bonds. The monoisotopic (exact) mass is 382 g/mol. The van der Waals surface area contributed by atoms with E-state index in [0.717, 1.165) is 17.9 Å². The van der Waals surface area contributed by atoms with Crippen LogP contribution in [0.3, 0.4) is 0 Å². The van der Waals surface area contributed by atoms with Crippen molar-refractivity contribution in [3.8, 4) is 0 Å². The van der Waals surface area contributed by atoms with Gasteiger partial charge in [-0.15, -0.1) is 4.40 Å². The van der Waals surface area contributed by atoms with E-state index in [4.69, 9.17) is 11.6 Å². The molecule has 0 bridgehead atoms. The van der Waals surface area contributed by atoms with Crippen LogP contribution < -0.4 is 4.90 Å². The number of anilines is 1. The van der Waals surface area contributed by atoms with E-state index in [0.29, 0.717) is 10.2 Å². The summed E-state index contributed by atoms with van der Waals surface area (Å²) in [7, 11) is -1.98. The molecule has 0 unspecified atom stereocenters. The summed E-state index contributed by atoms with van der Waals surface area (Å²) in [5.41, 5.74) is 0.881. The number of hydrogen-bond acceptors (Lipinski definition) is 3. The zero-order valence-corrected chi connectivity index (χ0v) is 15.9. The third kappa shape index (κ3) is 5.00. The maximum Gasteiger partial charge on any atom is 0.284 e. The Hall–Kier alpha value is -1.50. The number of thioether (sulfide) groups is 1. The van der Waals surface area contributed by atoms with E-state index >= 15 is 0 Å². The zero-order valence-electron chi connectivity index (χ0n) is 13.5. The Morgan fingerprint density at radius 2 is 1.75 bits per heavy atom. The predicted molar refractivity (Wildman–Crippen MR) is 104 cm³/mol. The Bertz CT molecular complexity index is 791. The summed E-state index contributed by atoms with van der Waals surface area (Å²) in [4.78, 5) is 1.91. The molecule has 0 spiro atoms. The van der Waals surface area contributed by atoms with Gasteiger partial charge in [-0.3, -0.25) is 0 Å². The van der Waals surface area contributed by atoms with Gasteiger partial charge >= 0.3 is 0 Å². The molecule has 24 heavy (non-hydrogen) atoms. The van der Waals surface area contributed by atoms with E-state index in [1.807, 2.05) is 44.3 Å². The topological polar surface area (TPSA) is 49.7 Å². The van der Waals surface area contributed by atoms with Crippen molar-refractivity contribution >= 4 is 44.2 Å². The molecule has 7 heteroatoms. The van der Waals surface area contributed by atoms with Gasteiger partial charge in [0.25, 0.3) is 10.0 Å². The zero-order chi connectivity index (χ0) is 17.6. The first-order valence-corrected chi connectivity index (χ1v) is 10.3. The minimum absolute atomic E-state index is 0.128. The molecule has 0 radical (unpaired) electrons. The van der Waals surface area contributed by atoms with Crippen molar-refractivity contribution in [3.05, 3.63) is 59.6 Å². The molecule has 0 aliphatic carbocycles. The first-order chi connectivity index (χ1) is 11.4. The largest absolute Gasteiger partial charge is 0.323 e. The molecule has 128 valence electrons. The second-order valence-corrected chi connectivity index (χ2v) is 8.15. The first-order valence-electron chi connectivity index (χ1n) is 7.46. The predicted octanol–water partition coefficient (Wildman–Crippen LogP) is 4.66. The number of halogens is 1. The smallest absolute Gasteiger partial charge is 0.284 e. The van der Waals surface area contributed by atoms with Gasteiger partial charge in [-0.05, 0) is 42.8 Å². The molecule has 0 fully saturated rings. The molecule has 2 aromatic carbocycles. The quantitative estimate of drug-likeness (QED) is 0.557. The molecule has 0 saturated heterocycles. The average Bonchev–Trinajstić information content (AvgIpc) is 2.59. The lowest BCUT2D eigenvalue weighted by atomic mass is 10.3. The fourth-order valence-electron chi connectivity index (χ4n) is 1.90. The van der Waals surface area contributed by atoms with Crippen molar-refractivity contribution in [3.63, 3.8) is 0 Å². The summed E-state index contributed by atoms with van der Waals surface area (Å²) in [6, 6.07) is 15.6. The van der Waals surface area contributed by atoms with Crippen LogP contribution in [0.15, 0.2) is 63.9 Å². The highest BCUT2D eigenvalue weighted by atomic mass is 35.5. The second kappa shape index (κ2) is 8.55. The Morgan fingerprint density at radius 1 is 1.12 bits per heavy atom. The molecule has 0 aromatic heterocycles. The van der Waals surface area contributed by atoms with Crippen molar-refractivity contribution in [1.29, 1.82) is 0 Å². The van der Waals surface area contributed by atoms with Crippen molar-refractivity contribution < 1.29 is 8.42 Å². The summed E-state index contributed by atoms with van der Waals surface area (Å²) in [5, 5.41) is 0.929. The van der Waals surface area contributed by atoms with Gasteiger partial charge in [0.15, 0.2) is 5.17 Å². The van der Waals surface area contributed by atoms with Gasteiger partial charge in [0.05, 0.1) is 4.90 Å². The molecule has 2 rings (SSSR count). The molecule has 0 aliphatic heterocycles. The van der Waals surface area contributed by atoms with Crippen LogP contribution in [0.1, 0.15) is 13.3 Å². The van der Waals surface area contributed by atoms with Gasteiger partial charge in [-0.25, -0.2) is 0 Å². The van der Waals surface area contributed by atoms with Crippen LogP contribution in [-0.4, -0.2) is 26.4 Å². The minimum atomic E-state index is -3.79. The van der Waals surface area contributed by atoms with Crippen molar-refractivity contribution in [1.82, 2.24) is 0 Å². The number of sulfonamides is 1. The van der Waals surface area contributed by atoms with Crippen LogP contribution in [0.4, 0.5) is 5.69 Å². The molecular formula is C17H19ClN2O2S2. The normalized spacial score (nSPS) is 12.2. The molecular weight excluding hydrogens is 364 g/mol. The van der Waals surface area contributed by atoms with E-state index in [2.05, 4.69) is 4.40 Å². The van der Waals surface area contributed by atoms with E-state index in [-0.39, 0.29) is 4.90 Å². The number of amidine groups is 1. The highest BCUT2D eigenvalue weighted by molar-refractivity contribution is 8.14. The van der Waals surface area contributed by atoms with E-state index in [1.54, 1.807) is 17.0 Å². The SMILES string of the molecule is CCCS/C(=N\S(=O)(=O)c1ccc(Cl)cc1)N(C)c1ccccc1. The molecule has 4 nitrogen and oxygen atoms in total. The van der Waals surface area contributed by atoms with Gasteiger partial charge in [-0.1, -0.05) is 48.5 Å². The maximum absolute atomic E-state index is 12.6. The van der Waals surface area contributed by atoms with Crippen molar-refractivity contribution in [2.45, 2.75) is 18.2 Å². The number of nitrogens with zero attached hydrogens (tertiary/aromatic N) is 2. The molecule has 0 saturated carbocycles. The Morgan fingerprint density at radius 3 is 2.33 bits per heavy atom. The van der Waals surface area contributed by atoms with Gasteiger partial charge in [0.2, 0.25) is 0 Å². The number of hydrogen-bond donors (Lipinski definition) is 0. The average molecular weight is 383 g/mol. The van der Waals surface area contributed by atoms with E-state index < -0.39 is 10.0 Å². The fraction of sp³-hybridized carbons (Fsp3) is 0.235. The van der Waals surface area contributed by atoms with Crippen LogP contribution in [0.5, 0.6) is 0 Å². The standard InChI is InChI=1S/C17H19ClN2O2S2/c1-3-13-23-17(20(2)15-7-5-4-6-8-15)19-24(21,22)16-11-9-14(18)10-12-16/h4-12H,3,13H2,1-2H3/b19-17-. The van der Waals surface area contributed by atoms with Crippen molar-refractivity contribution in [2.24, 2.45) is 4.40 Å². The summed E-state index contributed by atoms with van der Waals surface area (Å²) >= 11 is 7.24. The lowest BCUT2D eigenvalue weighted by Gasteiger charge is -2.20. The minimum Gasteiger partial charge on any atom is -0.323 e. The number of rotatable bonds is 5. The molecule has 0 atom stereocenters. The Labute approximate surface area is 152 Å². The highest BCUT2D eigenvalue weighted by Crippen LogP contribution is 2.22. The van der Waals surface area contributed by atoms with E-state index in [1.165, 1.54) is 23.9 Å². The molecule has 0 aliphatic rings. The summed E-state index contributed by atoms with van der Waals surface area (Å²) in [6.45, 7) is 2.04. The van der Waals surface area contributed by atoms with Gasteiger partial charge in [0, 0.05) is 23.5 Å². The van der Waals surface area contributed by atoms with Crippen LogP contribution in [-0.2, 0) is 10.0 Å². The maximum atomic E-state index is 12.6. The Balaban J connectivity index is 2.38. The fourth-order valence-corrected chi connectivity index (χ4v) is 4.13. The van der Waals surface area contributed by atoms with Crippen LogP contribution in [0.2, 0.25) is 5.02 Å². The first kappa shape index (κ1) is 18.8. The van der Waals surface area contributed by atoms with Gasteiger partial charge < -0.3 is 4.90 Å². The molecule has 0 N–H and O–H groups in total. The van der Waals surface area contributed by atoms with Crippen molar-refractivity contribution in [2.75, 3.05) is 17.7 Å². The lowest BCUT2D eigenvalue weighted by molar-refractivity contribution is 0.598. The van der Waals surface area contributed by atoms with E-state index in [9.17, 15) is 8.42 Å². The Kier molecular flexibility index (Phi) is 6.71. The number of para-hydroxylation sites is 1. The third-order valence-electron chi connectivity index (χ3n) is 3.18. The number of benzene rings is 2. The second-order valence-electron chi connectivity index (χ2n) is 5.05. The van der Waals surface area contributed by atoms with Crippen LogP contribution >= 0.6 is 23.4 Å². The van der Waals surface area contributed by atoms with Gasteiger partial charge in [-0.2, -0.15) is 8.42 Å². The summed E-state index contributed by atoms with van der Waals surface area (Å²) in [6.07, 6.45) is 0.924.